The number of aryl methyl sites for hydroxylation is 1. The van der Waals surface area contributed by atoms with Crippen molar-refractivity contribution in [2.24, 2.45) is 5.92 Å². The second-order valence-electron chi connectivity index (χ2n) is 19.9. The summed E-state index contributed by atoms with van der Waals surface area (Å²) in [5, 5.41) is 15.2. The van der Waals surface area contributed by atoms with Crippen molar-refractivity contribution in [1.82, 2.24) is 34.8 Å². The number of para-hydroxylation sites is 1. The number of esters is 1. The number of amides is 1. The fourth-order valence-electron chi connectivity index (χ4n) is 7.42. The number of fused-ring (bicyclic) bond motifs is 1. The van der Waals surface area contributed by atoms with Gasteiger partial charge >= 0.3 is 12.1 Å². The van der Waals surface area contributed by atoms with E-state index in [2.05, 4.69) is 30.4 Å². The maximum Gasteiger partial charge on any atom is 0.410 e. The quantitative estimate of drug-likeness (QED) is 0.0403. The lowest BCUT2D eigenvalue weighted by molar-refractivity contribution is 0.00634. The average molecular weight is 898 g/mol. The zero-order valence-electron chi connectivity index (χ0n) is 39.4. The Labute approximate surface area is 378 Å². The number of anilines is 4. The summed E-state index contributed by atoms with van der Waals surface area (Å²) in [5.41, 5.74) is 2.86. The molecule has 0 N–H and O–H groups in total. The highest BCUT2D eigenvalue weighted by Gasteiger charge is 2.29. The Hall–Kier alpha value is -4.93. The van der Waals surface area contributed by atoms with Crippen LogP contribution in [0.4, 0.5) is 27.4 Å². The van der Waals surface area contributed by atoms with Crippen molar-refractivity contribution in [3.05, 3.63) is 65.6 Å². The standard InChI is InChI=1S/C47H67N9O5SSi/c1-32-28-40(51-52-42(32)55(31-59-26-27-63(10,11)12)44-49-37-20-16-17-21-38(37)62-44)54(25-24-53(9)45(58)61-47(6,7)8)39-23-22-35(41(50-39)43(57)60-46(3,4)5)36-29-48-56(33(36)2)30-34-18-14-13-15-19-34/h16-17,20-23,28-29,34H,13-15,18-19,24-27,30-31H2,1-12H3. The Balaban J connectivity index is 1.40. The van der Waals surface area contributed by atoms with Crippen LogP contribution in [0.2, 0.25) is 25.7 Å². The lowest BCUT2D eigenvalue weighted by atomic mass is 9.89. The van der Waals surface area contributed by atoms with Gasteiger partial charge < -0.3 is 24.0 Å². The molecule has 4 heterocycles. The SMILES string of the molecule is Cc1cc(N(CCN(C)C(=O)OC(C)(C)C)c2ccc(-c3cnn(CC4CCCCC4)c3C)c(C(=O)OC(C)(C)C)n2)nnc1N(COCC[Si](C)(C)C)c1nc2ccccc2s1. The average Bonchev–Trinajstić information content (AvgIpc) is 3.79. The van der Waals surface area contributed by atoms with E-state index in [1.165, 1.54) is 37.0 Å². The molecule has 0 radical (unpaired) electrons. The molecule has 4 aromatic heterocycles. The molecular formula is C47H67N9O5SSi. The zero-order chi connectivity index (χ0) is 45.7. The lowest BCUT2D eigenvalue weighted by Gasteiger charge is -2.29. The van der Waals surface area contributed by atoms with Crippen molar-refractivity contribution in [1.29, 1.82) is 0 Å². The van der Waals surface area contributed by atoms with Gasteiger partial charge in [-0.3, -0.25) is 9.58 Å². The van der Waals surface area contributed by atoms with Crippen molar-refractivity contribution in [3.8, 4) is 11.1 Å². The van der Waals surface area contributed by atoms with Gasteiger partial charge in [0, 0.05) is 58.2 Å². The van der Waals surface area contributed by atoms with E-state index in [0.717, 1.165) is 44.8 Å². The van der Waals surface area contributed by atoms with E-state index in [-0.39, 0.29) is 25.5 Å². The van der Waals surface area contributed by atoms with Crippen LogP contribution in [0.15, 0.2) is 48.7 Å². The predicted octanol–water partition coefficient (Wildman–Crippen LogP) is 11.0. The van der Waals surface area contributed by atoms with Crippen LogP contribution < -0.4 is 9.80 Å². The van der Waals surface area contributed by atoms with Gasteiger partial charge in [-0.25, -0.2) is 19.6 Å². The third-order valence-electron chi connectivity index (χ3n) is 10.9. The van der Waals surface area contributed by atoms with E-state index in [4.69, 9.17) is 39.5 Å². The second kappa shape index (κ2) is 19.8. The van der Waals surface area contributed by atoms with Crippen LogP contribution in [0.5, 0.6) is 0 Å². The first-order valence-corrected chi connectivity index (χ1v) is 26.7. The smallest absolute Gasteiger partial charge is 0.410 e. The molecule has 1 fully saturated rings. The van der Waals surface area contributed by atoms with E-state index in [0.29, 0.717) is 35.5 Å². The minimum atomic E-state index is -1.33. The third-order valence-corrected chi connectivity index (χ3v) is 13.6. The van der Waals surface area contributed by atoms with E-state index in [9.17, 15) is 9.59 Å². The van der Waals surface area contributed by atoms with Gasteiger partial charge in [-0.1, -0.05) is 62.4 Å². The first-order valence-electron chi connectivity index (χ1n) is 22.2. The minimum absolute atomic E-state index is 0.159. The second-order valence-corrected chi connectivity index (χ2v) is 26.5. The zero-order valence-corrected chi connectivity index (χ0v) is 41.3. The molecule has 1 amide bonds. The van der Waals surface area contributed by atoms with Gasteiger partial charge in [0.2, 0.25) is 0 Å². The number of ether oxygens (including phenoxy) is 3. The number of thiazole rings is 1. The van der Waals surface area contributed by atoms with Crippen molar-refractivity contribution < 1.29 is 23.8 Å². The summed E-state index contributed by atoms with van der Waals surface area (Å²) in [6.45, 7) is 24.3. The Morgan fingerprint density at radius 2 is 1.57 bits per heavy atom. The van der Waals surface area contributed by atoms with Crippen LogP contribution in [0.25, 0.3) is 21.3 Å². The molecule has 14 nitrogen and oxygen atoms in total. The van der Waals surface area contributed by atoms with Gasteiger partial charge in [0.1, 0.15) is 23.8 Å². The summed E-state index contributed by atoms with van der Waals surface area (Å²) in [7, 11) is 0.364. The van der Waals surface area contributed by atoms with Crippen LogP contribution in [0.1, 0.15) is 95.4 Å². The summed E-state index contributed by atoms with van der Waals surface area (Å²) in [5.74, 6) is 1.54. The summed E-state index contributed by atoms with van der Waals surface area (Å²) in [6, 6.07) is 14.8. The first-order chi connectivity index (χ1) is 29.7. The predicted molar refractivity (Wildman–Crippen MR) is 255 cm³/mol. The maximum atomic E-state index is 14.2. The van der Waals surface area contributed by atoms with Crippen molar-refractivity contribution >= 4 is 64.3 Å². The molecule has 0 spiro atoms. The summed E-state index contributed by atoms with van der Waals surface area (Å²) in [6.07, 6.45) is 7.55. The fraction of sp³-hybridized carbons (Fsp3) is 0.553. The summed E-state index contributed by atoms with van der Waals surface area (Å²) >= 11 is 1.57. The molecule has 63 heavy (non-hydrogen) atoms. The van der Waals surface area contributed by atoms with Crippen LogP contribution in [0, 0.1) is 19.8 Å². The van der Waals surface area contributed by atoms with Crippen molar-refractivity contribution in [3.63, 3.8) is 0 Å². The Bertz CT molecular complexity index is 2320. The largest absolute Gasteiger partial charge is 0.455 e. The van der Waals surface area contributed by atoms with Gasteiger partial charge in [0.25, 0.3) is 0 Å². The molecular weight excluding hydrogens is 831 g/mol. The number of benzene rings is 1. The molecule has 5 aromatic rings. The fourth-order valence-corrected chi connectivity index (χ4v) is 9.13. The number of carbonyl (C=O) groups excluding carboxylic acids is 2. The number of carbonyl (C=O) groups is 2. The molecule has 1 saturated carbocycles. The van der Waals surface area contributed by atoms with Gasteiger partial charge in [0.05, 0.1) is 16.4 Å². The lowest BCUT2D eigenvalue weighted by Crippen LogP contribution is -2.38. The molecule has 0 saturated heterocycles. The Kier molecular flexibility index (Phi) is 15.0. The Morgan fingerprint density at radius 3 is 2.24 bits per heavy atom. The van der Waals surface area contributed by atoms with Crippen LogP contribution in [-0.4, -0.2) is 99.7 Å². The molecule has 340 valence electrons. The summed E-state index contributed by atoms with van der Waals surface area (Å²) in [4.78, 5) is 42.7. The highest BCUT2D eigenvalue weighted by atomic mass is 32.1. The minimum Gasteiger partial charge on any atom is -0.455 e. The number of pyridine rings is 1. The molecule has 6 rings (SSSR count). The molecule has 1 aromatic carbocycles. The molecule has 0 aliphatic heterocycles. The number of aromatic nitrogens is 6. The highest BCUT2D eigenvalue weighted by Crippen LogP contribution is 2.37. The molecule has 16 heteroatoms. The van der Waals surface area contributed by atoms with Crippen molar-refractivity contribution in [2.75, 3.05) is 43.3 Å². The van der Waals surface area contributed by atoms with Crippen LogP contribution in [-0.2, 0) is 20.8 Å². The van der Waals surface area contributed by atoms with E-state index in [1.807, 2.05) is 108 Å². The van der Waals surface area contributed by atoms with Crippen LogP contribution >= 0.6 is 11.3 Å². The number of likely N-dealkylation sites (N-methyl/N-ethyl adjacent to an activating group) is 1. The maximum absolute atomic E-state index is 14.2. The number of rotatable bonds is 16. The van der Waals surface area contributed by atoms with Gasteiger partial charge in [0.15, 0.2) is 22.5 Å². The molecule has 1 aliphatic carbocycles. The highest BCUT2D eigenvalue weighted by molar-refractivity contribution is 7.22. The van der Waals surface area contributed by atoms with E-state index < -0.39 is 31.3 Å². The summed E-state index contributed by atoms with van der Waals surface area (Å²) < 4.78 is 21.1. The monoisotopic (exact) mass is 897 g/mol. The Morgan fingerprint density at radius 1 is 0.857 bits per heavy atom. The van der Waals surface area contributed by atoms with Gasteiger partial charge in [-0.15, -0.1) is 10.2 Å². The van der Waals surface area contributed by atoms with Gasteiger partial charge in [-0.2, -0.15) is 5.10 Å². The first kappa shape index (κ1) is 47.5. The molecule has 0 unspecified atom stereocenters. The van der Waals surface area contributed by atoms with E-state index >= 15 is 0 Å². The van der Waals surface area contributed by atoms with E-state index in [1.54, 1.807) is 18.4 Å². The van der Waals surface area contributed by atoms with Crippen LogP contribution in [0.3, 0.4) is 0 Å². The van der Waals surface area contributed by atoms with Gasteiger partial charge in [-0.05, 0) is 116 Å². The molecule has 0 atom stereocenters. The number of hydrogen-bond acceptors (Lipinski definition) is 13. The normalized spacial score (nSPS) is 13.9. The number of nitrogens with zero attached hydrogens (tertiary/aromatic N) is 9. The third kappa shape index (κ3) is 12.8. The topological polar surface area (TPSA) is 141 Å². The molecule has 1 aliphatic rings. The van der Waals surface area contributed by atoms with Crippen molar-refractivity contribution in [2.45, 2.75) is 131 Å². The molecule has 0 bridgehead atoms. The number of hydrogen-bond donors (Lipinski definition) is 0.